The second-order valence-electron chi connectivity index (χ2n) is 3.81. The van der Waals surface area contributed by atoms with Gasteiger partial charge < -0.3 is 10.6 Å². The van der Waals surface area contributed by atoms with E-state index in [1.165, 1.54) is 19.3 Å². The predicted molar refractivity (Wildman–Crippen MR) is 51.1 cm³/mol. The second kappa shape index (κ2) is 4.83. The van der Waals surface area contributed by atoms with E-state index in [1.54, 1.807) is 0 Å². The highest BCUT2D eigenvalue weighted by atomic mass is 16.3. The van der Waals surface area contributed by atoms with Gasteiger partial charge in [0.1, 0.15) is 0 Å². The van der Waals surface area contributed by atoms with Crippen molar-refractivity contribution in [2.75, 3.05) is 0 Å². The maximum Gasteiger partial charge on any atom is 0.0673 e. The van der Waals surface area contributed by atoms with Crippen LogP contribution in [-0.2, 0) is 0 Å². The maximum atomic E-state index is 10.1. The molecule has 1 aliphatic carbocycles. The summed E-state index contributed by atoms with van der Waals surface area (Å²) in [6.07, 6.45) is 6.89. The first kappa shape index (κ1) is 11.9. The fraction of sp³-hybridized carbons (Fsp3) is 1.00. The molecule has 2 nitrogen and oxygen atoms in total. The topological polar surface area (TPSA) is 51.7 Å². The highest BCUT2D eigenvalue weighted by Crippen LogP contribution is 2.37. The van der Waals surface area contributed by atoms with Crippen molar-refractivity contribution in [1.29, 1.82) is 0 Å². The Morgan fingerprint density at radius 3 is 2.42 bits per heavy atom. The fourth-order valence-electron chi connectivity index (χ4n) is 2.34. The van der Waals surface area contributed by atoms with Crippen LogP contribution in [0.15, 0.2) is 0 Å². The minimum atomic E-state index is -0.312. The van der Waals surface area contributed by atoms with E-state index in [2.05, 4.69) is 13.8 Å². The van der Waals surface area contributed by atoms with E-state index in [-0.39, 0.29) is 11.1 Å². The lowest BCUT2D eigenvalue weighted by atomic mass is 9.73. The molecule has 0 bridgehead atoms. The quantitative estimate of drug-likeness (QED) is 0.683. The van der Waals surface area contributed by atoms with Crippen LogP contribution in [0.3, 0.4) is 0 Å². The third-order valence-corrected chi connectivity index (χ3v) is 3.28. The lowest BCUT2D eigenvalue weighted by molar-refractivity contribution is -0.0524. The van der Waals surface area contributed by atoms with E-state index in [0.29, 0.717) is 5.92 Å². The molecule has 74 valence electrons. The van der Waals surface area contributed by atoms with E-state index in [9.17, 15) is 5.11 Å². The molecule has 0 heterocycles. The molecular weight excluding hydrogens is 152 g/mol. The highest BCUT2D eigenvalue weighted by Gasteiger charge is 2.35. The Hall–Kier alpha value is -0.0800. The molecule has 1 fully saturated rings. The van der Waals surface area contributed by atoms with Gasteiger partial charge in [-0.05, 0) is 25.2 Å². The van der Waals surface area contributed by atoms with Gasteiger partial charge in [-0.1, -0.05) is 33.1 Å². The van der Waals surface area contributed by atoms with Crippen LogP contribution in [0.25, 0.3) is 0 Å². The first-order chi connectivity index (χ1) is 5.23. The number of hydrogen-bond acceptors (Lipinski definition) is 1. The molecule has 0 saturated heterocycles. The zero-order valence-corrected chi connectivity index (χ0v) is 8.27. The minimum absolute atomic E-state index is 0. The van der Waals surface area contributed by atoms with Gasteiger partial charge >= 0.3 is 0 Å². The van der Waals surface area contributed by atoms with Gasteiger partial charge in [0.15, 0.2) is 0 Å². The van der Waals surface area contributed by atoms with Crippen LogP contribution >= 0.6 is 0 Å². The van der Waals surface area contributed by atoms with Gasteiger partial charge in [-0.2, -0.15) is 0 Å². The Labute approximate surface area is 75.3 Å². The van der Waals surface area contributed by atoms with Gasteiger partial charge in [0.05, 0.1) is 5.60 Å². The van der Waals surface area contributed by atoms with Gasteiger partial charge in [0, 0.05) is 0 Å². The summed E-state index contributed by atoms with van der Waals surface area (Å²) < 4.78 is 0. The van der Waals surface area contributed by atoms with Crippen molar-refractivity contribution in [3.63, 3.8) is 0 Å². The van der Waals surface area contributed by atoms with Crippen molar-refractivity contribution in [2.24, 2.45) is 5.92 Å². The molecule has 0 spiro atoms. The molecule has 3 N–H and O–H groups in total. The average molecular weight is 174 g/mol. The van der Waals surface area contributed by atoms with Crippen molar-refractivity contribution >= 4 is 0 Å². The Balaban J connectivity index is 0.00000121. The molecule has 1 rings (SSSR count). The summed E-state index contributed by atoms with van der Waals surface area (Å²) in [6, 6.07) is 0. The fourth-order valence-corrected chi connectivity index (χ4v) is 2.34. The van der Waals surface area contributed by atoms with E-state index in [0.717, 1.165) is 19.3 Å². The van der Waals surface area contributed by atoms with E-state index < -0.39 is 0 Å². The van der Waals surface area contributed by atoms with E-state index in [1.807, 2.05) is 0 Å². The summed E-state index contributed by atoms with van der Waals surface area (Å²) in [5.74, 6) is 0.571. The molecule has 0 amide bonds. The van der Waals surface area contributed by atoms with Gasteiger partial charge in [0.2, 0.25) is 0 Å². The zero-order chi connectivity index (χ0) is 8.32. The SMILES string of the molecule is CCC1CCCCC1(O)CC.O. The number of hydrogen-bond donors (Lipinski definition) is 1. The van der Waals surface area contributed by atoms with Crippen LogP contribution in [0.4, 0.5) is 0 Å². The maximum absolute atomic E-state index is 10.1. The van der Waals surface area contributed by atoms with Crippen molar-refractivity contribution in [3.05, 3.63) is 0 Å². The molecular formula is C10H22O2. The van der Waals surface area contributed by atoms with Crippen molar-refractivity contribution < 1.29 is 10.6 Å². The van der Waals surface area contributed by atoms with Crippen molar-refractivity contribution in [3.8, 4) is 0 Å². The summed E-state index contributed by atoms with van der Waals surface area (Å²) >= 11 is 0. The summed E-state index contributed by atoms with van der Waals surface area (Å²) in [7, 11) is 0. The number of rotatable bonds is 2. The Bertz CT molecular complexity index is 125. The normalized spacial score (nSPS) is 35.8. The monoisotopic (exact) mass is 174 g/mol. The minimum Gasteiger partial charge on any atom is -0.412 e. The van der Waals surface area contributed by atoms with Crippen LogP contribution in [-0.4, -0.2) is 16.2 Å². The van der Waals surface area contributed by atoms with Crippen LogP contribution in [0.2, 0.25) is 0 Å². The molecule has 0 aromatic rings. The lowest BCUT2D eigenvalue weighted by Crippen LogP contribution is -2.39. The first-order valence-electron chi connectivity index (χ1n) is 4.95. The molecule has 0 aromatic heterocycles. The second-order valence-corrected chi connectivity index (χ2v) is 3.81. The molecule has 12 heavy (non-hydrogen) atoms. The number of aliphatic hydroxyl groups is 1. The third-order valence-electron chi connectivity index (χ3n) is 3.28. The first-order valence-corrected chi connectivity index (χ1v) is 4.95. The Kier molecular flexibility index (Phi) is 4.80. The summed E-state index contributed by atoms with van der Waals surface area (Å²) in [5, 5.41) is 10.1. The smallest absolute Gasteiger partial charge is 0.0673 e. The lowest BCUT2D eigenvalue weighted by Gasteiger charge is -2.39. The summed E-state index contributed by atoms with van der Waals surface area (Å²) in [5.41, 5.74) is -0.312. The van der Waals surface area contributed by atoms with Crippen molar-refractivity contribution in [1.82, 2.24) is 0 Å². The third kappa shape index (κ3) is 2.20. The molecule has 2 heteroatoms. The van der Waals surface area contributed by atoms with Crippen LogP contribution < -0.4 is 0 Å². The summed E-state index contributed by atoms with van der Waals surface area (Å²) in [6.45, 7) is 4.30. The largest absolute Gasteiger partial charge is 0.412 e. The molecule has 0 radical (unpaired) electrons. The standard InChI is InChI=1S/C10H20O.H2O/c1-3-9-7-5-6-8-10(9,11)4-2;/h9,11H,3-8H2,1-2H3;1H2. The Morgan fingerprint density at radius 2 is 2.00 bits per heavy atom. The van der Waals surface area contributed by atoms with Crippen LogP contribution in [0, 0.1) is 5.92 Å². The molecule has 0 aromatic carbocycles. The van der Waals surface area contributed by atoms with Gasteiger partial charge in [0.25, 0.3) is 0 Å². The van der Waals surface area contributed by atoms with E-state index in [4.69, 9.17) is 0 Å². The average Bonchev–Trinajstić information content (AvgIpc) is 2.05. The van der Waals surface area contributed by atoms with E-state index >= 15 is 0 Å². The molecule has 1 saturated carbocycles. The van der Waals surface area contributed by atoms with Crippen LogP contribution in [0.5, 0.6) is 0 Å². The molecule has 2 unspecified atom stereocenters. The van der Waals surface area contributed by atoms with Gasteiger partial charge in [-0.25, -0.2) is 0 Å². The molecule has 0 aliphatic heterocycles. The Morgan fingerprint density at radius 1 is 1.33 bits per heavy atom. The predicted octanol–water partition coefficient (Wildman–Crippen LogP) is 1.90. The van der Waals surface area contributed by atoms with Crippen molar-refractivity contribution in [2.45, 2.75) is 58.0 Å². The highest BCUT2D eigenvalue weighted by molar-refractivity contribution is 4.87. The molecule has 1 aliphatic rings. The van der Waals surface area contributed by atoms with Gasteiger partial charge in [-0.3, -0.25) is 0 Å². The van der Waals surface area contributed by atoms with Gasteiger partial charge in [-0.15, -0.1) is 0 Å². The summed E-state index contributed by atoms with van der Waals surface area (Å²) in [4.78, 5) is 0. The molecule has 2 atom stereocenters. The van der Waals surface area contributed by atoms with Crippen LogP contribution in [0.1, 0.15) is 52.4 Å². The zero-order valence-electron chi connectivity index (χ0n) is 8.27.